The molecular weight excluding hydrogens is 600 g/mol. The number of hydrogen-bond donors (Lipinski definition) is 2. The summed E-state index contributed by atoms with van der Waals surface area (Å²) in [5.41, 5.74) is 5.35. The number of carbonyl (C=O) groups is 2. The Hall–Kier alpha value is -3.28. The highest BCUT2D eigenvalue weighted by Gasteiger charge is 2.76. The lowest BCUT2D eigenvalue weighted by Crippen LogP contribution is -2.48. The van der Waals surface area contributed by atoms with Crippen molar-refractivity contribution >= 4 is 11.8 Å². The van der Waals surface area contributed by atoms with E-state index in [1.165, 1.54) is 6.92 Å². The van der Waals surface area contributed by atoms with Crippen molar-refractivity contribution in [3.63, 3.8) is 0 Å². The van der Waals surface area contributed by atoms with E-state index in [1.807, 2.05) is 115 Å². The van der Waals surface area contributed by atoms with Crippen LogP contribution in [0.1, 0.15) is 108 Å². The summed E-state index contributed by atoms with van der Waals surface area (Å²) in [4.78, 5) is 24.5. The Balaban J connectivity index is 1.54. The zero-order valence-electron chi connectivity index (χ0n) is 31.1. The Morgan fingerprint density at radius 2 is 1.38 bits per heavy atom. The number of hydrogen-bond acceptors (Lipinski definition) is 6. The molecule has 5 atom stereocenters. The second-order valence-corrected chi connectivity index (χ2v) is 15.9. The van der Waals surface area contributed by atoms with Crippen LogP contribution in [0.4, 0.5) is 0 Å². The minimum absolute atomic E-state index is 0.0816. The quantitative estimate of drug-likeness (QED) is 0.0758. The molecule has 0 aromatic heterocycles. The number of fused-ring (bicyclic) bond motifs is 1. The maximum atomic E-state index is 13.1. The molecule has 262 valence electrons. The summed E-state index contributed by atoms with van der Waals surface area (Å²) in [6, 6.07) is 0. The van der Waals surface area contributed by atoms with Gasteiger partial charge in [0.25, 0.3) is 0 Å². The van der Waals surface area contributed by atoms with Crippen molar-refractivity contribution in [3.05, 3.63) is 100 Å². The number of epoxide rings is 1. The first-order chi connectivity index (χ1) is 22.1. The number of carbonyl (C=O) groups excluding carboxylic acids is 2. The number of allylic oxidation sites excluding steroid dienone is 14. The molecule has 1 heterocycles. The average Bonchev–Trinajstić information content (AvgIpc) is 3.53. The molecular formula is C42H58O6. The van der Waals surface area contributed by atoms with Gasteiger partial charge in [-0.05, 0) is 82.4 Å². The third-order valence-electron chi connectivity index (χ3n) is 10.1. The molecule has 6 heteroatoms. The van der Waals surface area contributed by atoms with Crippen LogP contribution >= 0.6 is 0 Å². The monoisotopic (exact) mass is 658 g/mol. The third kappa shape index (κ3) is 9.66. The second kappa shape index (κ2) is 15.1. The van der Waals surface area contributed by atoms with Crippen molar-refractivity contribution in [3.8, 4) is 0 Å². The van der Waals surface area contributed by atoms with Gasteiger partial charge in [0.2, 0.25) is 0 Å². The van der Waals surface area contributed by atoms with Crippen molar-refractivity contribution < 1.29 is 29.3 Å². The number of aliphatic hydroxyl groups is 2. The van der Waals surface area contributed by atoms with Crippen molar-refractivity contribution in [2.24, 2.45) is 10.8 Å². The zero-order valence-corrected chi connectivity index (χ0v) is 31.1. The van der Waals surface area contributed by atoms with Crippen molar-refractivity contribution in [1.82, 2.24) is 0 Å². The lowest BCUT2D eigenvalue weighted by molar-refractivity contribution is -0.152. The molecule has 2 N–H and O–H groups in total. The third-order valence-corrected chi connectivity index (χ3v) is 10.1. The molecule has 0 aromatic rings. The number of esters is 1. The minimum Gasteiger partial charge on any atom is -0.462 e. The molecule has 2 aliphatic carbocycles. The standard InChI is InChI=1S/C42H58O6/c1-29(18-14-19-31(3)22-23-37-38(6,7)26-35(47-33(5)43)27-40(37,10)46)16-12-13-17-30(2)20-15-21-32(4)36(45)28-42-39(8,9)24-34(44)25-41(42,11)48-42/h12-22,34-35,44,46H,24-28H2,1-11H3/b13-12+,18-14+,20-15+,29-16+,30-17-,31-19+,32-21+/t23?,34-,35+,40+,41+,42+/m0/s1. The predicted octanol–water partition coefficient (Wildman–Crippen LogP) is 8.69. The van der Waals surface area contributed by atoms with Crippen LogP contribution in [0.3, 0.4) is 0 Å². The first kappa shape index (κ1) is 39.2. The molecule has 1 saturated heterocycles. The van der Waals surface area contributed by atoms with Crippen molar-refractivity contribution in [1.29, 1.82) is 0 Å². The van der Waals surface area contributed by atoms with Gasteiger partial charge in [0, 0.05) is 31.8 Å². The normalized spacial score (nSPS) is 32.4. The van der Waals surface area contributed by atoms with Gasteiger partial charge in [-0.15, -0.1) is 5.73 Å². The molecule has 6 nitrogen and oxygen atoms in total. The summed E-state index contributed by atoms with van der Waals surface area (Å²) < 4.78 is 11.6. The van der Waals surface area contributed by atoms with Crippen LogP contribution < -0.4 is 0 Å². The van der Waals surface area contributed by atoms with Crippen molar-refractivity contribution in [2.45, 2.75) is 137 Å². The maximum absolute atomic E-state index is 13.1. The van der Waals surface area contributed by atoms with E-state index in [9.17, 15) is 19.8 Å². The van der Waals surface area contributed by atoms with Gasteiger partial charge in [0.15, 0.2) is 5.78 Å². The van der Waals surface area contributed by atoms with Crippen LogP contribution in [0.5, 0.6) is 0 Å². The molecule has 0 spiro atoms. The average molecular weight is 659 g/mol. The number of rotatable bonds is 11. The van der Waals surface area contributed by atoms with Gasteiger partial charge in [-0.1, -0.05) is 99.6 Å². The fraction of sp³-hybridized carbons (Fsp3) is 0.548. The molecule has 2 saturated carbocycles. The van der Waals surface area contributed by atoms with Gasteiger partial charge in [-0.2, -0.15) is 0 Å². The second-order valence-electron chi connectivity index (χ2n) is 15.9. The van der Waals surface area contributed by atoms with Gasteiger partial charge in [0.1, 0.15) is 11.7 Å². The zero-order chi connectivity index (χ0) is 36.1. The summed E-state index contributed by atoms with van der Waals surface area (Å²) in [6.45, 7) is 21.4. The van der Waals surface area contributed by atoms with E-state index in [-0.39, 0.29) is 34.8 Å². The van der Waals surface area contributed by atoms with Crippen LogP contribution in [0.15, 0.2) is 100 Å². The van der Waals surface area contributed by atoms with Crippen LogP contribution in [0.25, 0.3) is 0 Å². The smallest absolute Gasteiger partial charge is 0.302 e. The van der Waals surface area contributed by atoms with Gasteiger partial charge < -0.3 is 19.7 Å². The summed E-state index contributed by atoms with van der Waals surface area (Å²) in [5.74, 6) is -0.244. The highest BCUT2D eigenvalue weighted by atomic mass is 16.6. The van der Waals surface area contributed by atoms with Crippen molar-refractivity contribution in [2.75, 3.05) is 0 Å². The Morgan fingerprint density at radius 1 is 0.812 bits per heavy atom. The van der Waals surface area contributed by atoms with E-state index in [4.69, 9.17) is 9.47 Å². The molecule has 3 fully saturated rings. The Kier molecular flexibility index (Phi) is 12.3. The summed E-state index contributed by atoms with van der Waals surface area (Å²) in [6.07, 6.45) is 23.6. The highest BCUT2D eigenvalue weighted by molar-refractivity contribution is 5.96. The fourth-order valence-electron chi connectivity index (χ4n) is 7.76. The number of Topliss-reactive ketones (excluding diaryl/α,β-unsaturated/α-hetero) is 1. The van der Waals surface area contributed by atoms with Crippen LogP contribution in [-0.2, 0) is 19.1 Å². The lowest BCUT2D eigenvalue weighted by atomic mass is 9.61. The SMILES string of the molecule is CC(=O)O[C@@H]1CC(C)(C)C(=C=C/C(C)=C/C=C/C(C)=C/C=C/C=C(C)\C=C\C=C(/C)C(=O)C[C@]23O[C@]2(C)C[C@@H](O)CC3(C)C)[C@](C)(O)C1. The van der Waals surface area contributed by atoms with Gasteiger partial charge >= 0.3 is 5.97 Å². The van der Waals surface area contributed by atoms with Crippen LogP contribution in [0.2, 0.25) is 0 Å². The first-order valence-corrected chi connectivity index (χ1v) is 17.1. The summed E-state index contributed by atoms with van der Waals surface area (Å²) in [5, 5.41) is 21.4. The summed E-state index contributed by atoms with van der Waals surface area (Å²) >= 11 is 0. The molecule has 0 radical (unpaired) electrons. The molecule has 0 amide bonds. The van der Waals surface area contributed by atoms with E-state index in [0.29, 0.717) is 37.7 Å². The predicted molar refractivity (Wildman–Crippen MR) is 194 cm³/mol. The van der Waals surface area contributed by atoms with E-state index >= 15 is 0 Å². The molecule has 3 aliphatic rings. The summed E-state index contributed by atoms with van der Waals surface area (Å²) in [7, 11) is 0. The molecule has 48 heavy (non-hydrogen) atoms. The Morgan fingerprint density at radius 3 is 1.92 bits per heavy atom. The topological polar surface area (TPSA) is 96.4 Å². The molecule has 0 bridgehead atoms. The highest BCUT2D eigenvalue weighted by Crippen LogP contribution is 2.67. The Labute approximate surface area is 289 Å². The van der Waals surface area contributed by atoms with E-state index in [1.54, 1.807) is 6.92 Å². The van der Waals surface area contributed by atoms with E-state index in [2.05, 4.69) is 19.6 Å². The molecule has 3 rings (SSSR count). The van der Waals surface area contributed by atoms with E-state index in [0.717, 1.165) is 22.3 Å². The molecule has 1 aliphatic heterocycles. The number of ether oxygens (including phenoxy) is 2. The fourth-order valence-corrected chi connectivity index (χ4v) is 7.76. The lowest BCUT2D eigenvalue weighted by Gasteiger charge is -2.44. The van der Waals surface area contributed by atoms with Crippen LogP contribution in [-0.4, -0.2) is 51.0 Å². The van der Waals surface area contributed by atoms with Gasteiger partial charge in [0.05, 0.1) is 17.3 Å². The largest absolute Gasteiger partial charge is 0.462 e. The number of ketones is 1. The minimum atomic E-state index is -1.11. The molecule has 0 aromatic carbocycles. The van der Waals surface area contributed by atoms with Crippen LogP contribution in [0, 0.1) is 10.8 Å². The van der Waals surface area contributed by atoms with Gasteiger partial charge in [-0.25, -0.2) is 0 Å². The molecule has 0 unspecified atom stereocenters. The first-order valence-electron chi connectivity index (χ1n) is 17.1. The van der Waals surface area contributed by atoms with E-state index < -0.39 is 16.8 Å². The maximum Gasteiger partial charge on any atom is 0.302 e. The number of aliphatic hydroxyl groups excluding tert-OH is 1. The van der Waals surface area contributed by atoms with Gasteiger partial charge in [-0.3, -0.25) is 9.59 Å². The Bertz CT molecular complexity index is 1510.